The standard InChI is InChI=1S/C22H23ClN2O8.C22H24N2O9.C22H24N2O8.C16H19N3O5S.C12H17N3O4S.3H2O/c1-21(32)7-6-8-15(25(2)3)17(28)13(20(24)31)19(30)22(8,33)18(29)11(7)16(27)12-10(26)5-4-9(23)14(12)21;1-21(32)7-5-4-6-8(25)9(7)15(26)10-12(21)17(28)13-14(24(2)3)16(27)11(20(23)31)19(30)22(13,33)18(10)29;1-21(31)8-5-4-6-11(25)12(8)16(26)13-9(21)7-10-15(24(2)3)17(27)14(20(23)30)19(29)22(10,32)18(13)28;1-16(2)11(15(23)24)19-13(22)10(14(19)25-16)18-12(21)9(17)7-3-5-8(20)6-4-7;1-6(16)9-7-4-8(20-3-2-14-5-13)10(12(18)19)15(7)11(9)17;;;/h4-5,7-8,15,26,28-29,32-33H,6H2,1-3H3,(H2,24,31);4-6,12-14,17,25,27-29,32-33H,1-3H3,(H2,23,31);4-6,9-10,15,25,27-28,31-32H,7H2,1-3H3,(H2,23,30);3-6,9-11,14,20H,17H2,1-2H3,(H,18,21)(H,23,24);5-7,9,16H,2-4H2,1H3,(H2,13,14)(H,18,19);3*1H2/t7-,8-,15-,21-,22-;12-,13-,14+,17+,21-,22+;9-,10-,15-,21+,22-;9-,10-,11+,14-;6-,7-,9-;;;/m01011.../s1. The fourth-order valence-electron chi connectivity index (χ4n) is 22.6. The number of aromatic hydroxyl groups is 4. The molecule has 49 nitrogen and oxygen atoms in total. The minimum atomic E-state index is -3.02. The third-order valence-electron chi connectivity index (χ3n) is 29.2. The number of fused-ring (bicyclic) bond motifs is 11. The lowest BCUT2D eigenvalue weighted by molar-refractivity contribution is -0.173. The van der Waals surface area contributed by atoms with Crippen molar-refractivity contribution in [2.24, 2.45) is 64.4 Å². The zero-order chi connectivity index (χ0) is 107. The van der Waals surface area contributed by atoms with E-state index in [9.17, 15) is 169 Å². The van der Waals surface area contributed by atoms with E-state index in [1.165, 1.54) is 178 Å². The van der Waals surface area contributed by atoms with Gasteiger partial charge >= 0.3 is 11.9 Å². The minimum absolute atomic E-state index is 0. The molecular weight excluding hydrogens is 1990 g/mol. The Kier molecular flexibility index (Phi) is 31.5. The van der Waals surface area contributed by atoms with Crippen LogP contribution in [0.1, 0.15) is 120 Å². The first-order valence-electron chi connectivity index (χ1n) is 44.1. The van der Waals surface area contributed by atoms with E-state index in [1.807, 2.05) is 0 Å². The quantitative estimate of drug-likeness (QED) is 0.0159. The van der Waals surface area contributed by atoms with E-state index >= 15 is 0 Å². The molecule has 3 saturated heterocycles. The van der Waals surface area contributed by atoms with Crippen molar-refractivity contribution in [2.45, 2.75) is 159 Å². The molecule has 0 unspecified atom stereocenters. The second-order valence-electron chi connectivity index (χ2n) is 38.5. The molecule has 4 heterocycles. The number of phenols is 4. The molecule has 0 saturated carbocycles. The van der Waals surface area contributed by atoms with Gasteiger partial charge in [0.15, 0.2) is 34.2 Å². The Bertz CT molecular complexity index is 6480. The second-order valence-corrected chi connectivity index (χ2v) is 41.9. The Morgan fingerprint density at radius 1 is 0.582 bits per heavy atom. The van der Waals surface area contributed by atoms with E-state index in [-0.39, 0.29) is 91.1 Å². The Labute approximate surface area is 841 Å². The molecule has 146 heavy (non-hydrogen) atoms. The molecule has 3 fully saturated rings. The van der Waals surface area contributed by atoms with Crippen molar-refractivity contribution in [3.8, 4) is 23.0 Å². The number of benzene rings is 4. The maximum absolute atomic E-state index is 13.4. The molecule has 9 aliphatic carbocycles. The van der Waals surface area contributed by atoms with Gasteiger partial charge in [-0.1, -0.05) is 48.0 Å². The number of phenolic OH excluding ortho intramolecular Hbond substituents is 4. The number of carbonyl (C=O) groups excluding carboxylic acids is 12. The fourth-order valence-corrected chi connectivity index (χ4v) is 25.6. The van der Waals surface area contributed by atoms with Crippen LogP contribution in [-0.2, 0) is 69.5 Å². The topological polar surface area (TPSA) is 906 Å². The van der Waals surface area contributed by atoms with Gasteiger partial charge in [0, 0.05) is 73.8 Å². The van der Waals surface area contributed by atoms with Gasteiger partial charge in [-0.2, -0.15) is 0 Å². The first-order chi connectivity index (χ1) is 66.3. The number of aliphatic hydroxyl groups is 14. The number of aliphatic hydroxyl groups excluding tert-OH is 8. The van der Waals surface area contributed by atoms with E-state index < -0.39 is 295 Å². The lowest BCUT2D eigenvalue weighted by Crippen LogP contribution is -2.71. The molecule has 790 valence electrons. The van der Waals surface area contributed by atoms with Gasteiger partial charge in [-0.05, 0) is 150 Å². The molecule has 52 heteroatoms. The second kappa shape index (κ2) is 40.2. The first-order valence-corrected chi connectivity index (χ1v) is 46.4. The number of thioether (sulfide) groups is 2. The minimum Gasteiger partial charge on any atom is -0.510 e. The van der Waals surface area contributed by atoms with Crippen LogP contribution in [0.2, 0.25) is 5.02 Å². The summed E-state index contributed by atoms with van der Waals surface area (Å²) in [6.07, 6.45) is -1.52. The predicted octanol–water partition coefficient (Wildman–Crippen LogP) is -3.65. The van der Waals surface area contributed by atoms with Crippen molar-refractivity contribution < 1.29 is 186 Å². The average molecular weight is 2100 g/mol. The number of primary amides is 3. The highest BCUT2D eigenvalue weighted by atomic mass is 35.5. The number of halogens is 1. The van der Waals surface area contributed by atoms with Gasteiger partial charge in [0.05, 0.1) is 99.5 Å². The highest BCUT2D eigenvalue weighted by molar-refractivity contribution is 8.03. The van der Waals surface area contributed by atoms with Crippen LogP contribution in [0.4, 0.5) is 0 Å². The zero-order valence-corrected chi connectivity index (χ0v) is 82.1. The van der Waals surface area contributed by atoms with Crippen LogP contribution in [0, 0.1) is 46.8 Å². The number of Topliss-reactive ketones (excluding diaryl/α,β-unsaturated/α-hetero) is 6. The summed E-state index contributed by atoms with van der Waals surface area (Å²) in [4.78, 5) is 182. The molecule has 0 bridgehead atoms. The van der Waals surface area contributed by atoms with Gasteiger partial charge in [0.25, 0.3) is 17.7 Å². The van der Waals surface area contributed by atoms with Crippen molar-refractivity contribution in [3.63, 3.8) is 0 Å². The smallest absolute Gasteiger partial charge is 0.353 e. The summed E-state index contributed by atoms with van der Waals surface area (Å²) in [6.45, 7) is 9.64. The van der Waals surface area contributed by atoms with Crippen molar-refractivity contribution >= 4 is 124 Å². The largest absolute Gasteiger partial charge is 0.510 e. The number of carbonyl (C=O) groups is 14. The van der Waals surface area contributed by atoms with E-state index in [4.69, 9.17) is 39.9 Å². The van der Waals surface area contributed by atoms with E-state index in [0.29, 0.717) is 29.2 Å². The molecule has 6 amide bonds. The van der Waals surface area contributed by atoms with Crippen molar-refractivity contribution in [3.05, 3.63) is 195 Å². The molecule has 17 rings (SSSR count). The summed E-state index contributed by atoms with van der Waals surface area (Å²) in [5.74, 6) is -29.1. The zero-order valence-electron chi connectivity index (χ0n) is 79.8. The molecule has 37 N–H and O–H groups in total. The van der Waals surface area contributed by atoms with Gasteiger partial charge in [-0.3, -0.25) is 77.6 Å². The number of rotatable bonds is 17. The SMILES string of the molecule is CC1(C)S[C@@H]2[C@H](NC(=O)[C@H](N)c3ccc(O)cc3)C(=O)N2[C@H]1C(=O)O.CN(C)[C@@H]1C(O)=C(C(N)=O)C(=O)[C@@]2(O)C(O)=C3C(=O)c4c(O)ccc(Cl)c4[C@@](C)(O)[C@H]3C[C@@H]12.CN(C)[C@@H]1C(O)=C(C(N)=O)C(=O)[C@@]2(O)C(O)=C3C(=O)c4c(O)cccc4[C@@](C)(O)[C@H]3C[C@@H]12.CN(C)[C@@H]1C(O)=C(C(N)=O)C(=O)[C@@]2(O)C(O)=C3C(=O)c4c(O)cccc4[C@@](C)(O)[C@H]3[C@H](O)[C@@H]12.C[C@@H](O)[C@H]1C(=O)N2C(C(=O)O)=C(SCCNC=N)C[C@H]12.O.O.O. The number of likely N-dealkylation sites (N-methyl/N-ethyl adjacent to an activating group) is 3. The van der Waals surface area contributed by atoms with E-state index in [2.05, 4.69) is 10.6 Å². The van der Waals surface area contributed by atoms with Gasteiger partial charge in [0.2, 0.25) is 35.1 Å². The monoisotopic (exact) mass is 2100 g/mol. The molecular formula is C94H113ClN12O37S2. The molecule has 13 aliphatic rings. The molecule has 4 aromatic carbocycles. The number of β-lactam (4-membered cyclic amide) rings is 2. The maximum Gasteiger partial charge on any atom is 0.353 e. The Balaban J connectivity index is 0.000000188. The predicted molar refractivity (Wildman–Crippen MR) is 511 cm³/mol. The Hall–Kier alpha value is -13.3. The number of amides is 6. The van der Waals surface area contributed by atoms with Crippen molar-refractivity contribution in [2.75, 3.05) is 54.6 Å². The number of carboxylic acid groups (broad SMARTS) is 2. The highest BCUT2D eigenvalue weighted by Gasteiger charge is 2.73. The molecule has 0 aromatic heterocycles. The maximum atomic E-state index is 13.4. The summed E-state index contributed by atoms with van der Waals surface area (Å²) in [6, 6.07) is 9.86. The fraction of sp³-hybridized carbons (Fsp3) is 0.436. The van der Waals surface area contributed by atoms with E-state index in [0.717, 1.165) is 12.4 Å². The number of nitrogens with one attached hydrogen (secondary N) is 3. The van der Waals surface area contributed by atoms with Crippen molar-refractivity contribution in [1.82, 2.24) is 35.1 Å². The molecule has 0 spiro atoms. The lowest BCUT2D eigenvalue weighted by Gasteiger charge is -2.55. The molecule has 4 aliphatic heterocycles. The summed E-state index contributed by atoms with van der Waals surface area (Å²) in [7, 11) is 8.94. The Morgan fingerprint density at radius 3 is 1.45 bits per heavy atom. The summed E-state index contributed by atoms with van der Waals surface area (Å²) in [5, 5.41) is 226. The van der Waals surface area contributed by atoms with Crippen LogP contribution in [-0.4, -0.2) is 361 Å². The number of hydrogen-bond donors (Lipinski definition) is 27. The summed E-state index contributed by atoms with van der Waals surface area (Å²) in [5.41, 5.74) is 2.72. The number of nitrogens with two attached hydrogens (primary N) is 4. The normalized spacial score (nSPS) is 31.7. The van der Waals surface area contributed by atoms with Gasteiger partial charge in [-0.25, -0.2) is 9.59 Å². The number of ketones is 6. The molecule has 23 atom stereocenters. The molecule has 4 aromatic rings. The number of hydrogen-bond acceptors (Lipinski definition) is 39. The van der Waals surface area contributed by atoms with E-state index in [1.54, 1.807) is 20.8 Å². The third kappa shape index (κ3) is 17.3. The number of carboxylic acids is 2. The number of nitrogens with zero attached hydrogens (tertiary/aromatic N) is 5. The first kappa shape index (κ1) is 115. The van der Waals surface area contributed by atoms with Gasteiger partial charge in [-0.15, -0.1) is 23.5 Å². The summed E-state index contributed by atoms with van der Waals surface area (Å²) < 4.78 is -0.648. The highest BCUT2D eigenvalue weighted by Crippen LogP contribution is 2.63. The Morgan fingerprint density at radius 2 is 1.01 bits per heavy atom. The average Bonchev–Trinajstić information content (AvgIpc) is 0.846. The van der Waals surface area contributed by atoms with Crippen LogP contribution < -0.4 is 33.6 Å². The van der Waals surface area contributed by atoms with Crippen LogP contribution in [0.5, 0.6) is 23.0 Å². The number of aliphatic carboxylic acids is 2. The van der Waals surface area contributed by atoms with Crippen LogP contribution in [0.25, 0.3) is 0 Å². The van der Waals surface area contributed by atoms with Gasteiger partial charge < -0.3 is 162 Å². The van der Waals surface area contributed by atoms with Crippen LogP contribution in [0.15, 0.2) is 151 Å². The van der Waals surface area contributed by atoms with Gasteiger partial charge in [0.1, 0.15) is 103 Å². The lowest BCUT2D eigenvalue weighted by atomic mass is 9.54. The molecule has 0 radical (unpaired) electrons. The third-order valence-corrected chi connectivity index (χ3v) is 32.2. The summed E-state index contributed by atoms with van der Waals surface area (Å²) >= 11 is 9.00. The van der Waals surface area contributed by atoms with Crippen LogP contribution >= 0.6 is 35.1 Å². The van der Waals surface area contributed by atoms with Crippen molar-refractivity contribution in [1.29, 1.82) is 5.41 Å². The van der Waals surface area contributed by atoms with Crippen LogP contribution in [0.3, 0.4) is 0 Å².